The van der Waals surface area contributed by atoms with Gasteiger partial charge >= 0.3 is 0 Å². The zero-order valence-electron chi connectivity index (χ0n) is 10.3. The molecule has 1 aromatic carbocycles. The number of nitrogens with one attached hydrogen (secondary N) is 2. The van der Waals surface area contributed by atoms with Crippen LogP contribution < -0.4 is 10.9 Å². The van der Waals surface area contributed by atoms with E-state index in [1.165, 1.54) is 25.3 Å². The lowest BCUT2D eigenvalue weighted by molar-refractivity contribution is -0.120. The maximum absolute atomic E-state index is 10.9. The Bertz CT molecular complexity index is 364. The van der Waals surface area contributed by atoms with Crippen molar-refractivity contribution in [3.05, 3.63) is 35.9 Å². The van der Waals surface area contributed by atoms with Crippen molar-refractivity contribution < 1.29 is 4.79 Å². The number of hydrogen-bond donors (Lipinski definition) is 2. The summed E-state index contributed by atoms with van der Waals surface area (Å²) in [4.78, 5) is 10.9. The second-order valence-electron chi connectivity index (χ2n) is 4.80. The molecule has 92 valence electrons. The standard InChI is InChI=1S/C14H20N2O/c1-11(17)15-16-14-9-5-8-13(10-14)12-6-3-2-4-7-12/h2-4,6-7,13-14,16H,5,8-10H2,1H3,(H,15,17). The van der Waals surface area contributed by atoms with Crippen molar-refractivity contribution in [2.45, 2.75) is 44.6 Å². The molecular weight excluding hydrogens is 212 g/mol. The van der Waals surface area contributed by atoms with Gasteiger partial charge in [-0.1, -0.05) is 36.8 Å². The molecule has 1 fully saturated rings. The monoisotopic (exact) mass is 232 g/mol. The van der Waals surface area contributed by atoms with Crippen molar-refractivity contribution in [2.24, 2.45) is 0 Å². The van der Waals surface area contributed by atoms with Gasteiger partial charge in [0.15, 0.2) is 0 Å². The Balaban J connectivity index is 1.91. The van der Waals surface area contributed by atoms with Gasteiger partial charge in [-0.05, 0) is 30.7 Å². The van der Waals surface area contributed by atoms with E-state index in [0.717, 1.165) is 12.8 Å². The summed E-state index contributed by atoms with van der Waals surface area (Å²) in [7, 11) is 0. The first-order valence-corrected chi connectivity index (χ1v) is 6.33. The fourth-order valence-electron chi connectivity index (χ4n) is 2.55. The minimum atomic E-state index is -0.0214. The molecule has 0 bridgehead atoms. The fraction of sp³-hybridized carbons (Fsp3) is 0.500. The van der Waals surface area contributed by atoms with Crippen LogP contribution in [0.2, 0.25) is 0 Å². The minimum Gasteiger partial charge on any atom is -0.292 e. The smallest absolute Gasteiger partial charge is 0.230 e. The normalized spacial score (nSPS) is 24.3. The molecule has 2 N–H and O–H groups in total. The highest BCUT2D eigenvalue weighted by Gasteiger charge is 2.22. The molecule has 2 unspecified atom stereocenters. The van der Waals surface area contributed by atoms with Crippen molar-refractivity contribution in [1.82, 2.24) is 10.9 Å². The molecule has 17 heavy (non-hydrogen) atoms. The molecule has 0 spiro atoms. The van der Waals surface area contributed by atoms with E-state index in [1.807, 2.05) is 0 Å². The highest BCUT2D eigenvalue weighted by molar-refractivity contribution is 5.72. The average Bonchev–Trinajstić information content (AvgIpc) is 2.38. The van der Waals surface area contributed by atoms with Crippen LogP contribution in [0.15, 0.2) is 30.3 Å². The van der Waals surface area contributed by atoms with Gasteiger partial charge in [-0.15, -0.1) is 0 Å². The van der Waals surface area contributed by atoms with Crippen molar-refractivity contribution in [3.63, 3.8) is 0 Å². The third kappa shape index (κ3) is 3.56. The zero-order valence-corrected chi connectivity index (χ0v) is 10.3. The number of rotatable bonds is 3. The number of carbonyl (C=O) groups excluding carboxylic acids is 1. The Morgan fingerprint density at radius 1 is 1.24 bits per heavy atom. The molecule has 1 aromatic rings. The molecule has 1 saturated carbocycles. The SMILES string of the molecule is CC(=O)NNC1CCCC(c2ccccc2)C1. The molecule has 1 amide bonds. The number of hydrazine groups is 1. The Kier molecular flexibility index (Phi) is 4.15. The topological polar surface area (TPSA) is 41.1 Å². The van der Waals surface area contributed by atoms with E-state index >= 15 is 0 Å². The lowest BCUT2D eigenvalue weighted by atomic mass is 9.81. The molecule has 2 atom stereocenters. The molecule has 2 rings (SSSR count). The first-order valence-electron chi connectivity index (χ1n) is 6.33. The zero-order chi connectivity index (χ0) is 12.1. The summed E-state index contributed by atoms with van der Waals surface area (Å²) >= 11 is 0. The Hall–Kier alpha value is -1.35. The van der Waals surface area contributed by atoms with Gasteiger partial charge in [-0.25, -0.2) is 5.43 Å². The third-order valence-electron chi connectivity index (χ3n) is 3.40. The van der Waals surface area contributed by atoms with E-state index < -0.39 is 0 Å². The Labute approximate surface area is 103 Å². The molecule has 0 heterocycles. The largest absolute Gasteiger partial charge is 0.292 e. The molecule has 0 saturated heterocycles. The van der Waals surface area contributed by atoms with E-state index in [4.69, 9.17) is 0 Å². The summed E-state index contributed by atoms with van der Waals surface area (Å²) in [6.07, 6.45) is 4.72. The van der Waals surface area contributed by atoms with Gasteiger partial charge in [0.2, 0.25) is 5.91 Å². The van der Waals surface area contributed by atoms with Crippen molar-refractivity contribution in [3.8, 4) is 0 Å². The number of carbonyl (C=O) groups is 1. The maximum atomic E-state index is 10.9. The fourth-order valence-corrected chi connectivity index (χ4v) is 2.55. The van der Waals surface area contributed by atoms with Gasteiger partial charge in [0.05, 0.1) is 0 Å². The molecule has 0 aliphatic heterocycles. The van der Waals surface area contributed by atoms with Gasteiger partial charge in [0.25, 0.3) is 0 Å². The highest BCUT2D eigenvalue weighted by atomic mass is 16.2. The van der Waals surface area contributed by atoms with Gasteiger partial charge in [-0.2, -0.15) is 0 Å². The molecule has 1 aliphatic rings. The molecule has 1 aliphatic carbocycles. The maximum Gasteiger partial charge on any atom is 0.230 e. The van der Waals surface area contributed by atoms with Crippen LogP contribution in [-0.2, 0) is 4.79 Å². The van der Waals surface area contributed by atoms with Gasteiger partial charge < -0.3 is 0 Å². The van der Waals surface area contributed by atoms with Crippen LogP contribution in [0.5, 0.6) is 0 Å². The van der Waals surface area contributed by atoms with Crippen LogP contribution in [-0.4, -0.2) is 11.9 Å². The molecule has 0 aromatic heterocycles. The van der Waals surface area contributed by atoms with Gasteiger partial charge in [0, 0.05) is 13.0 Å². The van der Waals surface area contributed by atoms with Crippen molar-refractivity contribution >= 4 is 5.91 Å². The van der Waals surface area contributed by atoms with Crippen LogP contribution in [0.4, 0.5) is 0 Å². The Morgan fingerprint density at radius 2 is 2.00 bits per heavy atom. The molecule has 0 radical (unpaired) electrons. The summed E-state index contributed by atoms with van der Waals surface area (Å²) in [5.74, 6) is 0.600. The molecule has 3 nitrogen and oxygen atoms in total. The molecular formula is C14H20N2O. The van der Waals surface area contributed by atoms with E-state index in [-0.39, 0.29) is 5.91 Å². The van der Waals surface area contributed by atoms with E-state index in [9.17, 15) is 4.79 Å². The quantitative estimate of drug-likeness (QED) is 0.785. The summed E-state index contributed by atoms with van der Waals surface area (Å²) in [5.41, 5.74) is 7.24. The lowest BCUT2D eigenvalue weighted by Gasteiger charge is -2.30. The summed E-state index contributed by atoms with van der Waals surface area (Å²) in [6.45, 7) is 1.53. The lowest BCUT2D eigenvalue weighted by Crippen LogP contribution is -2.45. The molecule has 3 heteroatoms. The van der Waals surface area contributed by atoms with Gasteiger partial charge in [0.1, 0.15) is 0 Å². The number of benzene rings is 1. The van der Waals surface area contributed by atoms with Crippen LogP contribution in [0, 0.1) is 0 Å². The number of amides is 1. The van der Waals surface area contributed by atoms with Crippen LogP contribution in [0.3, 0.4) is 0 Å². The third-order valence-corrected chi connectivity index (χ3v) is 3.40. The van der Waals surface area contributed by atoms with Crippen molar-refractivity contribution in [2.75, 3.05) is 0 Å². The van der Waals surface area contributed by atoms with E-state index in [2.05, 4.69) is 41.2 Å². The van der Waals surface area contributed by atoms with E-state index in [0.29, 0.717) is 12.0 Å². The predicted octanol–water partition coefficient (Wildman–Crippen LogP) is 2.35. The second kappa shape index (κ2) is 5.82. The highest BCUT2D eigenvalue weighted by Crippen LogP contribution is 2.32. The van der Waals surface area contributed by atoms with Crippen molar-refractivity contribution in [1.29, 1.82) is 0 Å². The summed E-state index contributed by atoms with van der Waals surface area (Å²) in [6, 6.07) is 11.1. The van der Waals surface area contributed by atoms with Crippen LogP contribution in [0.1, 0.15) is 44.1 Å². The summed E-state index contributed by atoms with van der Waals surface area (Å²) in [5, 5.41) is 0. The first-order chi connectivity index (χ1) is 8.25. The minimum absolute atomic E-state index is 0.0214. The average molecular weight is 232 g/mol. The van der Waals surface area contributed by atoms with Gasteiger partial charge in [-0.3, -0.25) is 10.2 Å². The van der Waals surface area contributed by atoms with Crippen LogP contribution in [0.25, 0.3) is 0 Å². The second-order valence-corrected chi connectivity index (χ2v) is 4.80. The van der Waals surface area contributed by atoms with Crippen LogP contribution >= 0.6 is 0 Å². The Morgan fingerprint density at radius 3 is 2.71 bits per heavy atom. The van der Waals surface area contributed by atoms with E-state index in [1.54, 1.807) is 0 Å². The number of hydrogen-bond acceptors (Lipinski definition) is 2. The summed E-state index contributed by atoms with van der Waals surface area (Å²) < 4.78 is 0. The predicted molar refractivity (Wildman–Crippen MR) is 68.4 cm³/mol. The first kappa shape index (κ1) is 12.1.